The lowest BCUT2D eigenvalue weighted by Gasteiger charge is -2.11. The first-order chi connectivity index (χ1) is 7.68. The van der Waals surface area contributed by atoms with Crippen LogP contribution < -0.4 is 10.6 Å². The van der Waals surface area contributed by atoms with Crippen LogP contribution in [0.3, 0.4) is 0 Å². The van der Waals surface area contributed by atoms with Crippen molar-refractivity contribution in [3.8, 4) is 0 Å². The number of hydrogen-bond donors (Lipinski definition) is 3. The summed E-state index contributed by atoms with van der Waals surface area (Å²) < 4.78 is 5.42. The molecule has 102 valence electrons. The zero-order chi connectivity index (χ0) is 11.8. The van der Waals surface area contributed by atoms with Crippen LogP contribution >= 0.6 is 12.4 Å². The first-order valence-corrected chi connectivity index (χ1v) is 5.95. The van der Waals surface area contributed by atoms with E-state index < -0.39 is 0 Å². The number of carbonyl (C=O) groups excluding carboxylic acids is 1. The second kappa shape index (κ2) is 9.65. The van der Waals surface area contributed by atoms with E-state index in [2.05, 4.69) is 10.6 Å². The molecule has 6 heteroatoms. The molecule has 1 fully saturated rings. The molecular formula is C11H23ClN2O3. The van der Waals surface area contributed by atoms with Crippen molar-refractivity contribution >= 4 is 18.3 Å². The van der Waals surface area contributed by atoms with Crippen molar-refractivity contribution in [2.24, 2.45) is 0 Å². The number of carbonyl (C=O) groups is 1. The number of hydrogen-bond acceptors (Lipinski definition) is 4. The molecular weight excluding hydrogens is 244 g/mol. The number of amides is 1. The van der Waals surface area contributed by atoms with Gasteiger partial charge in [0.25, 0.3) is 0 Å². The lowest BCUT2D eigenvalue weighted by Crippen LogP contribution is -2.38. The van der Waals surface area contributed by atoms with Gasteiger partial charge >= 0.3 is 0 Å². The molecule has 0 aliphatic carbocycles. The highest BCUT2D eigenvalue weighted by molar-refractivity contribution is 5.85. The summed E-state index contributed by atoms with van der Waals surface area (Å²) in [5.74, 6) is -0.0290. The molecule has 0 aromatic rings. The number of aliphatic hydroxyl groups is 1. The van der Waals surface area contributed by atoms with Crippen molar-refractivity contribution in [1.82, 2.24) is 10.6 Å². The van der Waals surface area contributed by atoms with Crippen LogP contribution in [-0.2, 0) is 9.53 Å². The Balaban J connectivity index is 0.00000256. The Morgan fingerprint density at radius 1 is 1.59 bits per heavy atom. The van der Waals surface area contributed by atoms with Gasteiger partial charge in [0, 0.05) is 19.7 Å². The lowest BCUT2D eigenvalue weighted by molar-refractivity contribution is -0.120. The van der Waals surface area contributed by atoms with E-state index in [0.29, 0.717) is 19.5 Å². The van der Waals surface area contributed by atoms with E-state index in [1.807, 2.05) is 0 Å². The fourth-order valence-corrected chi connectivity index (χ4v) is 1.63. The molecule has 17 heavy (non-hydrogen) atoms. The van der Waals surface area contributed by atoms with Gasteiger partial charge in [-0.1, -0.05) is 0 Å². The molecule has 1 heterocycles. The second-order valence-corrected chi connectivity index (χ2v) is 4.25. The summed E-state index contributed by atoms with van der Waals surface area (Å²) in [6.07, 6.45) is 2.70. The summed E-state index contributed by atoms with van der Waals surface area (Å²) in [7, 11) is 0. The average molecular weight is 267 g/mol. The van der Waals surface area contributed by atoms with Crippen LogP contribution in [0.2, 0.25) is 0 Å². The van der Waals surface area contributed by atoms with Gasteiger partial charge in [0.1, 0.15) is 0 Å². The Morgan fingerprint density at radius 3 is 2.94 bits per heavy atom. The van der Waals surface area contributed by atoms with E-state index in [9.17, 15) is 4.79 Å². The van der Waals surface area contributed by atoms with E-state index in [1.54, 1.807) is 6.92 Å². The molecule has 3 N–H and O–H groups in total. The highest BCUT2D eigenvalue weighted by Crippen LogP contribution is 2.10. The van der Waals surface area contributed by atoms with Crippen LogP contribution in [0, 0.1) is 0 Å². The van der Waals surface area contributed by atoms with Gasteiger partial charge in [-0.2, -0.15) is 0 Å². The Hall–Kier alpha value is -0.360. The first kappa shape index (κ1) is 16.6. The van der Waals surface area contributed by atoms with E-state index in [0.717, 1.165) is 26.0 Å². The summed E-state index contributed by atoms with van der Waals surface area (Å²) in [6, 6.07) is 0. The van der Waals surface area contributed by atoms with Gasteiger partial charge in [0.05, 0.1) is 18.8 Å². The largest absolute Gasteiger partial charge is 0.393 e. The topological polar surface area (TPSA) is 70.6 Å². The molecule has 0 bridgehead atoms. The van der Waals surface area contributed by atoms with Crippen molar-refractivity contribution in [3.63, 3.8) is 0 Å². The number of rotatable bonds is 7. The van der Waals surface area contributed by atoms with Gasteiger partial charge < -0.3 is 20.5 Å². The molecule has 1 rings (SSSR count). The highest BCUT2D eigenvalue weighted by Gasteiger charge is 2.14. The van der Waals surface area contributed by atoms with Gasteiger partial charge in [0.2, 0.25) is 5.91 Å². The normalized spacial score (nSPS) is 20.7. The third-order valence-corrected chi connectivity index (χ3v) is 2.57. The highest BCUT2D eigenvalue weighted by atomic mass is 35.5. The van der Waals surface area contributed by atoms with Gasteiger partial charge in [-0.05, 0) is 26.2 Å². The minimum atomic E-state index is -0.361. The average Bonchev–Trinajstić information content (AvgIpc) is 2.70. The quantitative estimate of drug-likeness (QED) is 0.610. The van der Waals surface area contributed by atoms with Crippen LogP contribution in [0.25, 0.3) is 0 Å². The van der Waals surface area contributed by atoms with Crippen molar-refractivity contribution in [3.05, 3.63) is 0 Å². The second-order valence-electron chi connectivity index (χ2n) is 4.25. The minimum Gasteiger partial charge on any atom is -0.393 e. The Bertz CT molecular complexity index is 209. The number of aliphatic hydroxyl groups excluding tert-OH is 1. The number of nitrogens with one attached hydrogen (secondary N) is 2. The maximum atomic E-state index is 11.3. The standard InChI is InChI=1S/C11H22N2O3.ClH/c1-9(14)4-5-13-11(15)8-12-7-10-3-2-6-16-10;/h9-10,12,14H,2-8H2,1H3,(H,13,15);1H. The zero-order valence-electron chi connectivity index (χ0n) is 10.3. The Kier molecular flexibility index (Phi) is 9.44. The molecule has 0 aromatic carbocycles. The molecule has 0 saturated carbocycles. The molecule has 1 aliphatic heterocycles. The maximum absolute atomic E-state index is 11.3. The van der Waals surface area contributed by atoms with Crippen molar-refractivity contribution in [1.29, 1.82) is 0 Å². The van der Waals surface area contributed by atoms with E-state index in [1.165, 1.54) is 0 Å². The van der Waals surface area contributed by atoms with Crippen LogP contribution in [-0.4, -0.2) is 49.5 Å². The molecule has 0 spiro atoms. The third-order valence-electron chi connectivity index (χ3n) is 2.57. The van der Waals surface area contributed by atoms with Crippen LogP contribution in [0.5, 0.6) is 0 Å². The first-order valence-electron chi connectivity index (χ1n) is 5.95. The Labute approximate surface area is 109 Å². The molecule has 1 aliphatic rings. The van der Waals surface area contributed by atoms with Gasteiger partial charge in [-0.15, -0.1) is 12.4 Å². The summed E-state index contributed by atoms with van der Waals surface area (Å²) in [5, 5.41) is 14.8. The predicted molar refractivity (Wildman–Crippen MR) is 68.4 cm³/mol. The zero-order valence-corrected chi connectivity index (χ0v) is 11.1. The number of ether oxygens (including phenoxy) is 1. The van der Waals surface area contributed by atoms with Gasteiger partial charge in [-0.25, -0.2) is 0 Å². The summed E-state index contributed by atoms with van der Waals surface area (Å²) in [6.45, 7) is 4.14. The third kappa shape index (κ3) is 8.37. The van der Waals surface area contributed by atoms with Crippen molar-refractivity contribution in [2.45, 2.75) is 38.4 Å². The summed E-state index contributed by atoms with van der Waals surface area (Å²) in [4.78, 5) is 11.3. The molecule has 1 amide bonds. The lowest BCUT2D eigenvalue weighted by atomic mass is 10.2. The van der Waals surface area contributed by atoms with Gasteiger partial charge in [-0.3, -0.25) is 4.79 Å². The van der Waals surface area contributed by atoms with E-state index in [-0.39, 0.29) is 30.5 Å². The Morgan fingerprint density at radius 2 is 2.35 bits per heavy atom. The molecule has 5 nitrogen and oxygen atoms in total. The van der Waals surface area contributed by atoms with Crippen LogP contribution in [0.4, 0.5) is 0 Å². The SMILES string of the molecule is CC(O)CCNC(=O)CNCC1CCCO1.Cl. The monoisotopic (exact) mass is 266 g/mol. The molecule has 2 atom stereocenters. The molecule has 0 aromatic heterocycles. The van der Waals surface area contributed by atoms with E-state index in [4.69, 9.17) is 9.84 Å². The molecule has 1 saturated heterocycles. The smallest absolute Gasteiger partial charge is 0.233 e. The fraction of sp³-hybridized carbons (Fsp3) is 0.909. The van der Waals surface area contributed by atoms with Crippen LogP contribution in [0.15, 0.2) is 0 Å². The van der Waals surface area contributed by atoms with Crippen molar-refractivity contribution in [2.75, 3.05) is 26.2 Å². The minimum absolute atomic E-state index is 0. The number of halogens is 1. The summed E-state index contributed by atoms with van der Waals surface area (Å²) in [5.41, 5.74) is 0. The van der Waals surface area contributed by atoms with Crippen molar-refractivity contribution < 1.29 is 14.6 Å². The molecule has 0 radical (unpaired) electrons. The molecule has 2 unspecified atom stereocenters. The van der Waals surface area contributed by atoms with Crippen LogP contribution in [0.1, 0.15) is 26.2 Å². The maximum Gasteiger partial charge on any atom is 0.233 e. The predicted octanol–water partition coefficient (Wildman–Crippen LogP) is 0.0639. The van der Waals surface area contributed by atoms with Gasteiger partial charge in [0.15, 0.2) is 0 Å². The van der Waals surface area contributed by atoms with E-state index >= 15 is 0 Å². The summed E-state index contributed by atoms with van der Waals surface area (Å²) >= 11 is 0. The fourth-order valence-electron chi connectivity index (χ4n) is 1.63.